The molecular formula is C14H19N3S. The van der Waals surface area contributed by atoms with Crippen LogP contribution in [0.3, 0.4) is 0 Å². The Bertz CT molecular complexity index is 466. The quantitative estimate of drug-likeness (QED) is 0.634. The molecule has 4 heteroatoms. The van der Waals surface area contributed by atoms with Crippen molar-refractivity contribution in [2.45, 2.75) is 39.2 Å². The third-order valence-electron chi connectivity index (χ3n) is 2.90. The molecule has 18 heavy (non-hydrogen) atoms. The molecule has 0 amide bonds. The fourth-order valence-corrected chi connectivity index (χ4v) is 2.41. The second-order valence-corrected chi connectivity index (χ2v) is 5.22. The number of aryl methyl sites for hydroxylation is 1. The minimum atomic E-state index is 0.323. The molecule has 0 spiro atoms. The smallest absolute Gasteiger partial charge is 0.187 e. The summed E-state index contributed by atoms with van der Waals surface area (Å²) in [6, 6.07) is 8.77. The molecule has 1 aliphatic carbocycles. The second-order valence-electron chi connectivity index (χ2n) is 4.81. The standard InChI is InChI=1S/C14H19N3S/c1-10(2)15-14(18)17-16-13-9-5-7-11-6-3-4-8-12(11)13/h3-4,6,8,10H,5,7,9H2,1-2H3,(H2,15,17,18)/b16-13+. The van der Waals surface area contributed by atoms with Gasteiger partial charge in [-0.3, -0.25) is 5.43 Å². The van der Waals surface area contributed by atoms with Crippen molar-refractivity contribution in [1.82, 2.24) is 10.7 Å². The zero-order valence-corrected chi connectivity index (χ0v) is 11.7. The Labute approximate surface area is 114 Å². The number of nitrogens with zero attached hydrogens (tertiary/aromatic N) is 1. The topological polar surface area (TPSA) is 36.4 Å². The second kappa shape index (κ2) is 5.96. The zero-order chi connectivity index (χ0) is 13.0. The van der Waals surface area contributed by atoms with Gasteiger partial charge in [-0.1, -0.05) is 24.3 Å². The third kappa shape index (κ3) is 3.29. The van der Waals surface area contributed by atoms with Crippen molar-refractivity contribution in [2.75, 3.05) is 0 Å². The van der Waals surface area contributed by atoms with E-state index in [1.165, 1.54) is 11.1 Å². The lowest BCUT2D eigenvalue weighted by Crippen LogP contribution is -2.37. The summed E-state index contributed by atoms with van der Waals surface area (Å²) in [6.45, 7) is 4.11. The molecule has 2 N–H and O–H groups in total. The van der Waals surface area contributed by atoms with E-state index < -0.39 is 0 Å². The first-order valence-corrected chi connectivity index (χ1v) is 6.79. The van der Waals surface area contributed by atoms with Gasteiger partial charge in [0.05, 0.1) is 5.71 Å². The Balaban J connectivity index is 2.08. The maximum atomic E-state index is 5.17. The SMILES string of the molecule is CC(C)NC(=S)N/N=C1\CCCc2ccccc21. The number of thiocarbonyl (C=S) groups is 1. The molecule has 0 fully saturated rings. The molecule has 0 atom stereocenters. The van der Waals surface area contributed by atoms with Gasteiger partial charge in [-0.05, 0) is 50.9 Å². The van der Waals surface area contributed by atoms with E-state index in [0.29, 0.717) is 11.2 Å². The van der Waals surface area contributed by atoms with Crippen molar-refractivity contribution in [3.05, 3.63) is 35.4 Å². The lowest BCUT2D eigenvalue weighted by molar-refractivity contribution is 0.718. The van der Waals surface area contributed by atoms with E-state index in [-0.39, 0.29) is 0 Å². The van der Waals surface area contributed by atoms with E-state index in [1.54, 1.807) is 0 Å². The maximum Gasteiger partial charge on any atom is 0.187 e. The Hall–Kier alpha value is -1.42. The molecule has 0 radical (unpaired) electrons. The van der Waals surface area contributed by atoms with E-state index in [1.807, 2.05) is 0 Å². The maximum absolute atomic E-state index is 5.17. The van der Waals surface area contributed by atoms with E-state index in [0.717, 1.165) is 25.0 Å². The minimum absolute atomic E-state index is 0.323. The zero-order valence-electron chi connectivity index (χ0n) is 10.9. The van der Waals surface area contributed by atoms with Crippen LogP contribution < -0.4 is 10.7 Å². The van der Waals surface area contributed by atoms with Gasteiger partial charge in [-0.25, -0.2) is 0 Å². The first-order valence-electron chi connectivity index (χ1n) is 6.38. The van der Waals surface area contributed by atoms with Gasteiger partial charge in [-0.15, -0.1) is 0 Å². The number of benzene rings is 1. The Kier molecular flexibility index (Phi) is 4.31. The van der Waals surface area contributed by atoms with Crippen LogP contribution in [0.25, 0.3) is 0 Å². The van der Waals surface area contributed by atoms with Crippen molar-refractivity contribution in [1.29, 1.82) is 0 Å². The summed E-state index contributed by atoms with van der Waals surface area (Å²) < 4.78 is 0. The summed E-state index contributed by atoms with van der Waals surface area (Å²) >= 11 is 5.17. The predicted molar refractivity (Wildman–Crippen MR) is 79.9 cm³/mol. The van der Waals surface area contributed by atoms with E-state index in [9.17, 15) is 0 Å². The summed E-state index contributed by atoms with van der Waals surface area (Å²) in [5.41, 5.74) is 6.67. The van der Waals surface area contributed by atoms with Crippen LogP contribution in [0.4, 0.5) is 0 Å². The van der Waals surface area contributed by atoms with Crippen LogP contribution in [0, 0.1) is 0 Å². The highest BCUT2D eigenvalue weighted by Crippen LogP contribution is 2.20. The first kappa shape index (κ1) is 13.0. The number of fused-ring (bicyclic) bond motifs is 1. The Morgan fingerprint density at radius 3 is 2.83 bits per heavy atom. The monoisotopic (exact) mass is 261 g/mol. The van der Waals surface area contributed by atoms with Crippen LogP contribution in [-0.2, 0) is 6.42 Å². The highest BCUT2D eigenvalue weighted by atomic mass is 32.1. The molecule has 0 aromatic heterocycles. The average Bonchev–Trinajstić information content (AvgIpc) is 2.35. The normalized spacial score (nSPS) is 16.5. The van der Waals surface area contributed by atoms with Gasteiger partial charge in [0, 0.05) is 11.6 Å². The number of hydrazone groups is 1. The molecule has 0 unspecified atom stereocenters. The lowest BCUT2D eigenvalue weighted by Gasteiger charge is -2.18. The number of rotatable bonds is 2. The summed E-state index contributed by atoms with van der Waals surface area (Å²) in [5, 5.41) is 8.14. The van der Waals surface area contributed by atoms with Crippen LogP contribution >= 0.6 is 12.2 Å². The van der Waals surface area contributed by atoms with Crippen molar-refractivity contribution in [3.63, 3.8) is 0 Å². The van der Waals surface area contributed by atoms with Gasteiger partial charge < -0.3 is 5.32 Å². The van der Waals surface area contributed by atoms with Crippen LogP contribution in [0.15, 0.2) is 29.4 Å². The fraction of sp³-hybridized carbons (Fsp3) is 0.429. The number of hydrogen-bond donors (Lipinski definition) is 2. The van der Waals surface area contributed by atoms with Crippen molar-refractivity contribution >= 4 is 23.0 Å². The molecule has 0 saturated heterocycles. The average molecular weight is 261 g/mol. The first-order chi connectivity index (χ1) is 8.66. The van der Waals surface area contributed by atoms with Crippen LogP contribution in [-0.4, -0.2) is 16.9 Å². The fourth-order valence-electron chi connectivity index (χ4n) is 2.13. The lowest BCUT2D eigenvalue weighted by atomic mass is 9.90. The van der Waals surface area contributed by atoms with Crippen LogP contribution in [0.1, 0.15) is 37.8 Å². The molecule has 1 aromatic rings. The Morgan fingerprint density at radius 2 is 2.06 bits per heavy atom. The Morgan fingerprint density at radius 1 is 1.28 bits per heavy atom. The molecule has 2 rings (SSSR count). The molecule has 0 heterocycles. The van der Waals surface area contributed by atoms with E-state index in [4.69, 9.17) is 12.2 Å². The molecule has 1 aromatic carbocycles. The van der Waals surface area contributed by atoms with Gasteiger partial charge in [0.2, 0.25) is 0 Å². The largest absolute Gasteiger partial charge is 0.359 e. The van der Waals surface area contributed by atoms with Gasteiger partial charge in [-0.2, -0.15) is 5.10 Å². The van der Waals surface area contributed by atoms with Gasteiger partial charge >= 0.3 is 0 Å². The summed E-state index contributed by atoms with van der Waals surface area (Å²) in [7, 11) is 0. The highest BCUT2D eigenvalue weighted by Gasteiger charge is 2.14. The summed E-state index contributed by atoms with van der Waals surface area (Å²) in [4.78, 5) is 0. The highest BCUT2D eigenvalue weighted by molar-refractivity contribution is 7.80. The summed E-state index contributed by atoms with van der Waals surface area (Å²) in [6.07, 6.45) is 3.31. The van der Waals surface area contributed by atoms with Crippen molar-refractivity contribution < 1.29 is 0 Å². The molecule has 0 saturated carbocycles. The number of nitrogens with one attached hydrogen (secondary N) is 2. The molecule has 0 bridgehead atoms. The van der Waals surface area contributed by atoms with Gasteiger partial charge in [0.15, 0.2) is 5.11 Å². The molecule has 96 valence electrons. The molecule has 3 nitrogen and oxygen atoms in total. The molecule has 1 aliphatic rings. The van der Waals surface area contributed by atoms with Crippen molar-refractivity contribution in [2.24, 2.45) is 5.10 Å². The van der Waals surface area contributed by atoms with Gasteiger partial charge in [0.25, 0.3) is 0 Å². The van der Waals surface area contributed by atoms with E-state index in [2.05, 4.69) is 54.0 Å². The number of hydrogen-bond acceptors (Lipinski definition) is 2. The molecule has 0 aliphatic heterocycles. The van der Waals surface area contributed by atoms with Crippen molar-refractivity contribution in [3.8, 4) is 0 Å². The van der Waals surface area contributed by atoms with Crippen LogP contribution in [0.2, 0.25) is 0 Å². The molecular weight excluding hydrogens is 242 g/mol. The van der Waals surface area contributed by atoms with Crippen LogP contribution in [0.5, 0.6) is 0 Å². The third-order valence-corrected chi connectivity index (χ3v) is 3.11. The summed E-state index contributed by atoms with van der Waals surface area (Å²) in [5.74, 6) is 0. The minimum Gasteiger partial charge on any atom is -0.359 e. The van der Waals surface area contributed by atoms with E-state index >= 15 is 0 Å². The van der Waals surface area contributed by atoms with Gasteiger partial charge in [0.1, 0.15) is 0 Å². The predicted octanol–water partition coefficient (Wildman–Crippen LogP) is 2.60.